The topological polar surface area (TPSA) is 0 Å². The van der Waals surface area contributed by atoms with Crippen LogP contribution in [0.2, 0.25) is 0 Å². The Morgan fingerprint density at radius 3 is 2.12 bits per heavy atom. The quantitative estimate of drug-likeness (QED) is 0.422. The first-order chi connectivity index (χ1) is 7.22. The Kier molecular flexibility index (Phi) is 5.71. The van der Waals surface area contributed by atoms with Gasteiger partial charge in [0.1, 0.15) is 5.83 Å². The molecule has 0 atom stereocenters. The molecule has 0 unspecified atom stereocenters. The monoisotopic (exact) mass is 224 g/mol. The second-order valence-corrected chi connectivity index (χ2v) is 5.25. The summed E-state index contributed by atoms with van der Waals surface area (Å²) in [6, 6.07) is 0. The molecule has 1 heteroatoms. The van der Waals surface area contributed by atoms with Gasteiger partial charge >= 0.3 is 0 Å². The van der Waals surface area contributed by atoms with Gasteiger partial charge in [0.05, 0.1) is 0 Å². The van der Waals surface area contributed by atoms with Crippen LogP contribution in [0.25, 0.3) is 0 Å². The smallest absolute Gasteiger partial charge is 0.125 e. The molecule has 0 spiro atoms. The zero-order valence-corrected chi connectivity index (χ0v) is 11.6. The largest absolute Gasteiger partial charge is 0.207 e. The average molecular weight is 224 g/mol. The van der Waals surface area contributed by atoms with E-state index >= 15 is 0 Å². The lowest BCUT2D eigenvalue weighted by Gasteiger charge is -2.27. The summed E-state index contributed by atoms with van der Waals surface area (Å²) < 4.78 is 14.1. The van der Waals surface area contributed by atoms with Gasteiger partial charge in [-0.25, -0.2) is 4.39 Å². The van der Waals surface area contributed by atoms with Crippen molar-refractivity contribution in [1.29, 1.82) is 0 Å². The summed E-state index contributed by atoms with van der Waals surface area (Å²) in [6.07, 6.45) is 3.62. The third-order valence-corrected chi connectivity index (χ3v) is 2.94. The molecule has 0 rings (SSSR count). The van der Waals surface area contributed by atoms with Crippen molar-refractivity contribution in [3.8, 4) is 0 Å². The minimum atomic E-state index is -0.154. The highest BCUT2D eigenvalue weighted by Gasteiger charge is 2.23. The van der Waals surface area contributed by atoms with Gasteiger partial charge in [-0.2, -0.15) is 0 Å². The molecule has 0 heterocycles. The second kappa shape index (κ2) is 6.03. The molecule has 0 N–H and O–H groups in total. The van der Waals surface area contributed by atoms with Gasteiger partial charge in [0, 0.05) is 0 Å². The molecule has 0 aromatic heterocycles. The molecule has 0 bridgehead atoms. The maximum absolute atomic E-state index is 14.1. The average Bonchev–Trinajstić information content (AvgIpc) is 2.13. The van der Waals surface area contributed by atoms with Crippen LogP contribution in [0.4, 0.5) is 4.39 Å². The van der Waals surface area contributed by atoms with E-state index < -0.39 is 0 Å². The van der Waals surface area contributed by atoms with Gasteiger partial charge in [-0.1, -0.05) is 32.4 Å². The predicted molar refractivity (Wildman–Crippen MR) is 71.1 cm³/mol. The van der Waals surface area contributed by atoms with Crippen LogP contribution < -0.4 is 0 Å². The highest BCUT2D eigenvalue weighted by Crippen LogP contribution is 2.36. The molecule has 0 fully saturated rings. The van der Waals surface area contributed by atoms with Crippen LogP contribution in [-0.2, 0) is 0 Å². The van der Waals surface area contributed by atoms with E-state index in [4.69, 9.17) is 0 Å². The van der Waals surface area contributed by atoms with E-state index in [9.17, 15) is 4.39 Å². The number of allylic oxidation sites excluding steroid dienone is 5. The molecule has 0 aromatic carbocycles. The van der Waals surface area contributed by atoms with E-state index in [0.29, 0.717) is 0 Å². The molecule has 0 aliphatic carbocycles. The Labute approximate surface area is 99.9 Å². The summed E-state index contributed by atoms with van der Waals surface area (Å²) in [5.74, 6) is -0.0619. The maximum Gasteiger partial charge on any atom is 0.125 e. The van der Waals surface area contributed by atoms with Crippen molar-refractivity contribution in [2.24, 2.45) is 5.41 Å². The van der Waals surface area contributed by atoms with Gasteiger partial charge in [0.15, 0.2) is 0 Å². The molecule has 0 aromatic rings. The van der Waals surface area contributed by atoms with Gasteiger partial charge in [-0.15, -0.1) is 6.58 Å². The number of hydrogen-bond donors (Lipinski definition) is 0. The van der Waals surface area contributed by atoms with Crippen molar-refractivity contribution in [2.75, 3.05) is 0 Å². The highest BCUT2D eigenvalue weighted by molar-refractivity contribution is 5.31. The molecule has 0 amide bonds. The highest BCUT2D eigenvalue weighted by atomic mass is 19.1. The SMILES string of the molecule is C=C(C)CC(C)(C)/C(C)=C(F)/C(C)=C\CC. The van der Waals surface area contributed by atoms with Crippen LogP contribution >= 0.6 is 0 Å². The van der Waals surface area contributed by atoms with E-state index in [2.05, 4.69) is 20.4 Å². The molecular weight excluding hydrogens is 199 g/mol. The molecule has 0 aliphatic heterocycles. The summed E-state index contributed by atoms with van der Waals surface area (Å²) >= 11 is 0. The lowest BCUT2D eigenvalue weighted by Crippen LogP contribution is -2.14. The van der Waals surface area contributed by atoms with Gasteiger partial charge in [0.25, 0.3) is 0 Å². The standard InChI is InChI=1S/C15H25F/c1-8-9-12(4)14(16)13(5)15(6,7)10-11(2)3/h9H,2,8,10H2,1,3-7H3/b12-9-,14-13-. The fourth-order valence-corrected chi connectivity index (χ4v) is 1.88. The molecule has 16 heavy (non-hydrogen) atoms. The predicted octanol–water partition coefficient (Wildman–Crippen LogP) is 5.58. The van der Waals surface area contributed by atoms with Crippen molar-refractivity contribution in [3.63, 3.8) is 0 Å². The van der Waals surface area contributed by atoms with E-state index in [-0.39, 0.29) is 11.2 Å². The fraction of sp³-hybridized carbons (Fsp3) is 0.600. The third kappa shape index (κ3) is 4.34. The van der Waals surface area contributed by atoms with E-state index in [1.165, 1.54) is 0 Å². The summed E-state index contributed by atoms with van der Waals surface area (Å²) in [5, 5.41) is 0. The maximum atomic E-state index is 14.1. The van der Waals surface area contributed by atoms with Crippen molar-refractivity contribution >= 4 is 0 Å². The zero-order chi connectivity index (χ0) is 12.9. The van der Waals surface area contributed by atoms with E-state index in [1.54, 1.807) is 0 Å². The minimum absolute atomic E-state index is 0.0619. The van der Waals surface area contributed by atoms with Crippen molar-refractivity contribution in [2.45, 2.75) is 54.4 Å². The molecule has 0 aliphatic rings. The zero-order valence-electron chi connectivity index (χ0n) is 11.6. The Balaban J connectivity index is 5.14. The first-order valence-electron chi connectivity index (χ1n) is 5.90. The molecule has 0 radical (unpaired) electrons. The first kappa shape index (κ1) is 15.2. The molecule has 0 saturated heterocycles. The normalized spacial score (nSPS) is 14.8. The summed E-state index contributed by atoms with van der Waals surface area (Å²) in [5.41, 5.74) is 2.50. The summed E-state index contributed by atoms with van der Waals surface area (Å²) in [7, 11) is 0. The Bertz CT molecular complexity index is 316. The van der Waals surface area contributed by atoms with Gasteiger partial charge in [-0.05, 0) is 50.2 Å². The van der Waals surface area contributed by atoms with Crippen molar-refractivity contribution in [3.05, 3.63) is 35.2 Å². The lowest BCUT2D eigenvalue weighted by molar-refractivity contribution is 0.422. The fourth-order valence-electron chi connectivity index (χ4n) is 1.88. The number of halogens is 1. The van der Waals surface area contributed by atoms with Gasteiger partial charge in [-0.3, -0.25) is 0 Å². The van der Waals surface area contributed by atoms with Crippen LogP contribution in [0.1, 0.15) is 54.4 Å². The molecule has 0 nitrogen and oxygen atoms in total. The third-order valence-electron chi connectivity index (χ3n) is 2.94. The molecule has 0 saturated carbocycles. The summed E-state index contributed by atoms with van der Waals surface area (Å²) in [6.45, 7) is 15.8. The van der Waals surface area contributed by atoms with Crippen molar-refractivity contribution in [1.82, 2.24) is 0 Å². The Morgan fingerprint density at radius 1 is 1.25 bits per heavy atom. The minimum Gasteiger partial charge on any atom is -0.207 e. The van der Waals surface area contributed by atoms with Crippen LogP contribution in [0.15, 0.2) is 35.2 Å². The second-order valence-electron chi connectivity index (χ2n) is 5.25. The first-order valence-corrected chi connectivity index (χ1v) is 5.90. The Hall–Kier alpha value is -0.850. The van der Waals surface area contributed by atoms with Gasteiger partial charge < -0.3 is 0 Å². The van der Waals surface area contributed by atoms with Gasteiger partial charge in [0.2, 0.25) is 0 Å². The lowest BCUT2D eigenvalue weighted by atomic mass is 9.78. The molecular formula is C15H25F. The van der Waals surface area contributed by atoms with Crippen LogP contribution in [-0.4, -0.2) is 0 Å². The number of hydrogen-bond acceptors (Lipinski definition) is 0. The molecule has 92 valence electrons. The van der Waals surface area contributed by atoms with E-state index in [1.807, 2.05) is 33.8 Å². The Morgan fingerprint density at radius 2 is 1.75 bits per heavy atom. The van der Waals surface area contributed by atoms with Crippen molar-refractivity contribution < 1.29 is 4.39 Å². The number of rotatable bonds is 5. The van der Waals surface area contributed by atoms with Crippen LogP contribution in [0.5, 0.6) is 0 Å². The van der Waals surface area contributed by atoms with Crippen LogP contribution in [0, 0.1) is 5.41 Å². The summed E-state index contributed by atoms with van der Waals surface area (Å²) in [4.78, 5) is 0. The van der Waals surface area contributed by atoms with E-state index in [0.717, 1.165) is 29.6 Å². The van der Waals surface area contributed by atoms with Crippen LogP contribution in [0.3, 0.4) is 0 Å².